The van der Waals surface area contributed by atoms with Crippen LogP contribution in [0.4, 0.5) is 4.39 Å². The van der Waals surface area contributed by atoms with Crippen LogP contribution >= 0.6 is 0 Å². The lowest BCUT2D eigenvalue weighted by Crippen LogP contribution is -2.10. The smallest absolute Gasteiger partial charge is 0.303 e. The van der Waals surface area contributed by atoms with Crippen LogP contribution in [0.5, 0.6) is 0 Å². The Morgan fingerprint density at radius 3 is 2.76 bits per heavy atom. The number of carboxylic acid groups (broad SMARTS) is 1. The zero-order valence-corrected chi connectivity index (χ0v) is 9.95. The molecule has 1 atom stereocenters. The van der Waals surface area contributed by atoms with Crippen LogP contribution < -0.4 is 0 Å². The maximum atomic E-state index is 12.7. The number of aliphatic carboxylic acids is 1. The number of halogens is 1. The Labute approximate surface area is 100 Å². The Kier molecular flexibility index (Phi) is 3.46. The molecule has 1 unspecified atom stereocenters. The molecule has 1 saturated carbocycles. The molecule has 1 fully saturated rings. The summed E-state index contributed by atoms with van der Waals surface area (Å²) in [5, 5.41) is 8.97. The molecule has 1 aliphatic rings. The van der Waals surface area contributed by atoms with Crippen molar-refractivity contribution in [2.75, 3.05) is 0 Å². The van der Waals surface area contributed by atoms with Gasteiger partial charge >= 0.3 is 5.97 Å². The van der Waals surface area contributed by atoms with E-state index in [-0.39, 0.29) is 12.3 Å². The van der Waals surface area contributed by atoms with Crippen molar-refractivity contribution < 1.29 is 14.3 Å². The van der Waals surface area contributed by atoms with Gasteiger partial charge in [-0.2, -0.15) is 0 Å². The fraction of sp³-hybridized carbons (Fsp3) is 0.500. The van der Waals surface area contributed by atoms with Crippen molar-refractivity contribution in [3.8, 4) is 0 Å². The summed E-state index contributed by atoms with van der Waals surface area (Å²) < 4.78 is 12.7. The van der Waals surface area contributed by atoms with E-state index in [9.17, 15) is 9.18 Å². The molecule has 1 N–H and O–H groups in total. The van der Waals surface area contributed by atoms with Gasteiger partial charge in [-0.3, -0.25) is 4.79 Å². The standard InChI is InChI=1S/C14H17FO2/c1-9-2-3-10(8-15)6-12(9)13(7-14(16)17)11-4-5-11/h2-3,6,11,13H,4-5,7-8H2,1H3,(H,16,17). The van der Waals surface area contributed by atoms with Gasteiger partial charge in [0, 0.05) is 0 Å². The average Bonchev–Trinajstić information content (AvgIpc) is 3.10. The van der Waals surface area contributed by atoms with Crippen molar-refractivity contribution in [2.45, 2.75) is 38.8 Å². The number of carboxylic acids is 1. The van der Waals surface area contributed by atoms with E-state index in [1.165, 1.54) is 0 Å². The van der Waals surface area contributed by atoms with E-state index in [0.29, 0.717) is 11.5 Å². The highest BCUT2D eigenvalue weighted by Crippen LogP contribution is 2.45. The number of benzene rings is 1. The Bertz CT molecular complexity index is 424. The third-order valence-corrected chi connectivity index (χ3v) is 3.48. The van der Waals surface area contributed by atoms with Crippen LogP contribution in [0, 0.1) is 12.8 Å². The maximum Gasteiger partial charge on any atom is 0.303 e. The van der Waals surface area contributed by atoms with E-state index in [0.717, 1.165) is 24.0 Å². The van der Waals surface area contributed by atoms with Crippen LogP contribution in [0.1, 0.15) is 41.9 Å². The SMILES string of the molecule is Cc1ccc(CF)cc1C(CC(=O)O)C1CC1. The van der Waals surface area contributed by atoms with Crippen LogP contribution in [0.2, 0.25) is 0 Å². The number of alkyl halides is 1. The summed E-state index contributed by atoms with van der Waals surface area (Å²) in [6, 6.07) is 5.49. The fourth-order valence-corrected chi connectivity index (χ4v) is 2.39. The molecule has 92 valence electrons. The van der Waals surface area contributed by atoms with Crippen molar-refractivity contribution in [2.24, 2.45) is 5.92 Å². The van der Waals surface area contributed by atoms with Gasteiger partial charge in [-0.15, -0.1) is 0 Å². The van der Waals surface area contributed by atoms with Crippen molar-refractivity contribution in [1.29, 1.82) is 0 Å². The van der Waals surface area contributed by atoms with Crippen LogP contribution in [0.15, 0.2) is 18.2 Å². The zero-order valence-electron chi connectivity index (χ0n) is 9.95. The molecule has 1 aromatic rings. The van der Waals surface area contributed by atoms with Crippen LogP contribution in [0.3, 0.4) is 0 Å². The monoisotopic (exact) mass is 236 g/mol. The minimum atomic E-state index is -0.771. The Morgan fingerprint density at radius 2 is 2.24 bits per heavy atom. The first-order valence-electron chi connectivity index (χ1n) is 5.99. The first-order chi connectivity index (χ1) is 8.11. The topological polar surface area (TPSA) is 37.3 Å². The predicted octanol–water partition coefficient (Wildman–Crippen LogP) is 3.43. The number of carbonyl (C=O) groups is 1. The quantitative estimate of drug-likeness (QED) is 0.850. The Balaban J connectivity index is 2.30. The second-order valence-corrected chi connectivity index (χ2v) is 4.87. The van der Waals surface area contributed by atoms with Gasteiger partial charge in [0.2, 0.25) is 0 Å². The van der Waals surface area contributed by atoms with Crippen LogP contribution in [-0.2, 0) is 11.5 Å². The Hall–Kier alpha value is -1.38. The van der Waals surface area contributed by atoms with E-state index in [1.54, 1.807) is 6.07 Å². The van der Waals surface area contributed by atoms with Gasteiger partial charge in [-0.25, -0.2) is 4.39 Å². The van der Waals surface area contributed by atoms with Crippen molar-refractivity contribution in [1.82, 2.24) is 0 Å². The van der Waals surface area contributed by atoms with E-state index in [1.807, 2.05) is 19.1 Å². The normalized spacial score (nSPS) is 16.8. The average molecular weight is 236 g/mol. The highest BCUT2D eigenvalue weighted by atomic mass is 19.1. The van der Waals surface area contributed by atoms with Crippen molar-refractivity contribution >= 4 is 5.97 Å². The molecule has 0 saturated heterocycles. The van der Waals surface area contributed by atoms with Gasteiger partial charge in [-0.1, -0.05) is 18.2 Å². The first kappa shape index (κ1) is 12.1. The zero-order chi connectivity index (χ0) is 12.4. The van der Waals surface area contributed by atoms with E-state index in [2.05, 4.69) is 0 Å². The lowest BCUT2D eigenvalue weighted by Gasteiger charge is -2.18. The molecule has 0 bridgehead atoms. The highest BCUT2D eigenvalue weighted by molar-refractivity contribution is 5.68. The molecule has 0 radical (unpaired) electrons. The molecule has 2 rings (SSSR count). The molecule has 3 heteroatoms. The van der Waals surface area contributed by atoms with E-state index in [4.69, 9.17) is 5.11 Å². The van der Waals surface area contributed by atoms with Crippen molar-refractivity contribution in [3.63, 3.8) is 0 Å². The third kappa shape index (κ3) is 2.84. The second-order valence-electron chi connectivity index (χ2n) is 4.87. The van der Waals surface area contributed by atoms with Gasteiger partial charge in [0.15, 0.2) is 0 Å². The molecule has 1 aromatic carbocycles. The molecular formula is C14H17FO2. The number of hydrogen-bond donors (Lipinski definition) is 1. The molecule has 0 heterocycles. The molecule has 0 amide bonds. The summed E-state index contributed by atoms with van der Waals surface area (Å²) >= 11 is 0. The third-order valence-electron chi connectivity index (χ3n) is 3.48. The summed E-state index contributed by atoms with van der Waals surface area (Å²) in [5.74, 6) is -0.245. The molecule has 0 aliphatic heterocycles. The summed E-state index contributed by atoms with van der Waals surface area (Å²) in [6.07, 6.45) is 2.34. The van der Waals surface area contributed by atoms with Crippen molar-refractivity contribution in [3.05, 3.63) is 34.9 Å². The lowest BCUT2D eigenvalue weighted by molar-refractivity contribution is -0.137. The fourth-order valence-electron chi connectivity index (χ4n) is 2.39. The molecule has 17 heavy (non-hydrogen) atoms. The highest BCUT2D eigenvalue weighted by Gasteiger charge is 2.34. The lowest BCUT2D eigenvalue weighted by atomic mass is 9.87. The van der Waals surface area contributed by atoms with Gasteiger partial charge in [-0.05, 0) is 48.3 Å². The largest absolute Gasteiger partial charge is 0.481 e. The van der Waals surface area contributed by atoms with Gasteiger partial charge in [0.05, 0.1) is 6.42 Å². The summed E-state index contributed by atoms with van der Waals surface area (Å²) in [5.41, 5.74) is 2.73. The van der Waals surface area contributed by atoms with E-state index >= 15 is 0 Å². The number of rotatable bonds is 5. The summed E-state index contributed by atoms with van der Waals surface area (Å²) in [6.45, 7) is 1.48. The summed E-state index contributed by atoms with van der Waals surface area (Å²) in [7, 11) is 0. The van der Waals surface area contributed by atoms with Crippen LogP contribution in [0.25, 0.3) is 0 Å². The molecule has 1 aliphatic carbocycles. The van der Waals surface area contributed by atoms with Crippen LogP contribution in [-0.4, -0.2) is 11.1 Å². The number of aryl methyl sites for hydroxylation is 1. The molecular weight excluding hydrogens is 219 g/mol. The minimum Gasteiger partial charge on any atom is -0.481 e. The van der Waals surface area contributed by atoms with Gasteiger partial charge in [0.25, 0.3) is 0 Å². The van der Waals surface area contributed by atoms with Gasteiger partial charge < -0.3 is 5.11 Å². The molecule has 0 aromatic heterocycles. The molecule has 2 nitrogen and oxygen atoms in total. The minimum absolute atomic E-state index is 0.0546. The predicted molar refractivity (Wildman–Crippen MR) is 63.7 cm³/mol. The van der Waals surface area contributed by atoms with Gasteiger partial charge in [0.1, 0.15) is 6.67 Å². The first-order valence-corrected chi connectivity index (χ1v) is 5.99. The Morgan fingerprint density at radius 1 is 1.53 bits per heavy atom. The second kappa shape index (κ2) is 4.86. The molecule has 0 spiro atoms. The maximum absolute atomic E-state index is 12.7. The van der Waals surface area contributed by atoms with E-state index < -0.39 is 12.6 Å². The number of hydrogen-bond acceptors (Lipinski definition) is 1. The summed E-state index contributed by atoms with van der Waals surface area (Å²) in [4.78, 5) is 10.9.